The quantitative estimate of drug-likeness (QED) is 0.681. The monoisotopic (exact) mass is 333 g/mol. The molecule has 0 unspecified atom stereocenters. The van der Waals surface area contributed by atoms with E-state index in [0.717, 1.165) is 23.9 Å². The Kier molecular flexibility index (Phi) is 6.17. The number of rotatable bonds is 9. The fraction of sp³-hybridized carbons (Fsp3) is 0.471. The fourth-order valence-corrected chi connectivity index (χ4v) is 2.74. The summed E-state index contributed by atoms with van der Waals surface area (Å²) < 4.78 is 3.13. The summed E-state index contributed by atoms with van der Waals surface area (Å²) in [6.45, 7) is 2.92. The van der Waals surface area contributed by atoms with Crippen LogP contribution in [0.1, 0.15) is 32.6 Å². The van der Waals surface area contributed by atoms with Crippen molar-refractivity contribution in [3.05, 3.63) is 34.7 Å². The predicted molar refractivity (Wildman–Crippen MR) is 91.0 cm³/mol. The molecule has 1 aromatic heterocycles. The number of aromatic nitrogens is 2. The molecule has 0 aliphatic carbocycles. The first-order valence-corrected chi connectivity index (χ1v) is 8.21. The largest absolute Gasteiger partial charge is 0.481 e. The van der Waals surface area contributed by atoms with E-state index in [0.29, 0.717) is 19.5 Å². The van der Waals surface area contributed by atoms with Crippen LogP contribution < -0.4 is 11.0 Å². The number of amides is 1. The van der Waals surface area contributed by atoms with Gasteiger partial charge in [-0.2, -0.15) is 0 Å². The molecule has 0 aliphatic heterocycles. The normalized spacial score (nSPS) is 10.9. The predicted octanol–water partition coefficient (Wildman–Crippen LogP) is 1.58. The fourth-order valence-electron chi connectivity index (χ4n) is 2.74. The van der Waals surface area contributed by atoms with Gasteiger partial charge in [0.1, 0.15) is 6.54 Å². The Hall–Kier alpha value is -2.57. The van der Waals surface area contributed by atoms with E-state index >= 15 is 0 Å². The molecule has 7 heteroatoms. The third-order valence-corrected chi connectivity index (χ3v) is 3.93. The van der Waals surface area contributed by atoms with Crippen LogP contribution in [0, 0.1) is 0 Å². The minimum atomic E-state index is -0.800. The first-order valence-electron chi connectivity index (χ1n) is 8.21. The molecule has 2 aromatic rings. The van der Waals surface area contributed by atoms with Crippen molar-refractivity contribution < 1.29 is 14.7 Å². The Morgan fingerprint density at radius 1 is 1.08 bits per heavy atom. The molecule has 0 bridgehead atoms. The van der Waals surface area contributed by atoms with Gasteiger partial charge in [0.15, 0.2) is 0 Å². The van der Waals surface area contributed by atoms with Crippen LogP contribution in [0.2, 0.25) is 0 Å². The van der Waals surface area contributed by atoms with Crippen molar-refractivity contribution >= 4 is 22.9 Å². The van der Waals surface area contributed by atoms with Crippen LogP contribution in [0.5, 0.6) is 0 Å². The number of para-hydroxylation sites is 2. The van der Waals surface area contributed by atoms with Crippen LogP contribution in [0.25, 0.3) is 11.0 Å². The first kappa shape index (κ1) is 17.8. The summed E-state index contributed by atoms with van der Waals surface area (Å²) in [7, 11) is 0. The molecular weight excluding hydrogens is 310 g/mol. The second-order valence-corrected chi connectivity index (χ2v) is 5.66. The summed E-state index contributed by atoms with van der Waals surface area (Å²) in [6.07, 6.45) is 2.24. The van der Waals surface area contributed by atoms with Crippen LogP contribution in [-0.2, 0) is 22.7 Å². The van der Waals surface area contributed by atoms with E-state index in [2.05, 4.69) is 5.32 Å². The van der Waals surface area contributed by atoms with Gasteiger partial charge in [0.05, 0.1) is 11.0 Å². The summed E-state index contributed by atoms with van der Waals surface area (Å²) in [4.78, 5) is 34.9. The number of carboxylic acids is 1. The zero-order valence-corrected chi connectivity index (χ0v) is 13.8. The molecule has 7 nitrogen and oxygen atoms in total. The Morgan fingerprint density at radius 3 is 2.38 bits per heavy atom. The molecule has 0 atom stereocenters. The van der Waals surface area contributed by atoms with Gasteiger partial charge in [0.25, 0.3) is 0 Å². The van der Waals surface area contributed by atoms with Crippen molar-refractivity contribution in [2.75, 3.05) is 6.54 Å². The van der Waals surface area contributed by atoms with E-state index in [9.17, 15) is 14.4 Å². The number of carboxylic acid groups (broad SMARTS) is 1. The second-order valence-electron chi connectivity index (χ2n) is 5.66. The number of hydrogen-bond donors (Lipinski definition) is 2. The number of aryl methyl sites for hydroxylation is 1. The van der Waals surface area contributed by atoms with Gasteiger partial charge in [0.2, 0.25) is 5.91 Å². The maximum Gasteiger partial charge on any atom is 0.329 e. The standard InChI is InChI=1S/C17H23N3O4/c1-2-19-13-8-5-6-9-14(13)20(17(19)24)12-15(21)18-11-7-3-4-10-16(22)23/h5-6,8-9H,2-4,7,10-12H2,1H3,(H,18,21)(H,22,23). The number of nitrogens with zero attached hydrogens (tertiary/aromatic N) is 2. The van der Waals surface area contributed by atoms with Crippen molar-refractivity contribution in [1.82, 2.24) is 14.5 Å². The SMILES string of the molecule is CCn1c(=O)n(CC(=O)NCCCCCC(=O)O)c2ccccc21. The molecule has 0 aliphatic rings. The highest BCUT2D eigenvalue weighted by Crippen LogP contribution is 2.12. The lowest BCUT2D eigenvalue weighted by atomic mass is 10.2. The van der Waals surface area contributed by atoms with E-state index < -0.39 is 5.97 Å². The van der Waals surface area contributed by atoms with Gasteiger partial charge in [-0.05, 0) is 31.9 Å². The lowest BCUT2D eigenvalue weighted by molar-refractivity contribution is -0.137. The summed E-state index contributed by atoms with van der Waals surface area (Å²) in [6, 6.07) is 7.42. The number of benzene rings is 1. The molecule has 0 saturated heterocycles. The van der Waals surface area contributed by atoms with Crippen LogP contribution in [-0.4, -0.2) is 32.7 Å². The number of unbranched alkanes of at least 4 members (excludes halogenated alkanes) is 2. The third-order valence-electron chi connectivity index (χ3n) is 3.93. The molecule has 0 spiro atoms. The van der Waals surface area contributed by atoms with Crippen molar-refractivity contribution in [3.63, 3.8) is 0 Å². The Bertz CT molecular complexity index is 776. The van der Waals surface area contributed by atoms with Crippen LogP contribution in [0.3, 0.4) is 0 Å². The zero-order valence-electron chi connectivity index (χ0n) is 13.8. The maximum atomic E-state index is 12.4. The van der Waals surface area contributed by atoms with E-state index in [4.69, 9.17) is 5.11 Å². The van der Waals surface area contributed by atoms with Crippen LogP contribution >= 0.6 is 0 Å². The highest BCUT2D eigenvalue weighted by Gasteiger charge is 2.13. The number of fused-ring (bicyclic) bond motifs is 1. The number of hydrogen-bond acceptors (Lipinski definition) is 3. The molecule has 0 radical (unpaired) electrons. The Balaban J connectivity index is 1.93. The minimum absolute atomic E-state index is 0.0124. The first-order chi connectivity index (χ1) is 11.5. The Labute approximate surface area is 139 Å². The number of aliphatic carboxylic acids is 1. The van der Waals surface area contributed by atoms with Crippen molar-refractivity contribution in [2.24, 2.45) is 0 Å². The van der Waals surface area contributed by atoms with E-state index in [1.165, 1.54) is 4.57 Å². The lowest BCUT2D eigenvalue weighted by Gasteiger charge is -2.06. The smallest absolute Gasteiger partial charge is 0.329 e. The topological polar surface area (TPSA) is 93.3 Å². The summed E-state index contributed by atoms with van der Waals surface area (Å²) in [5, 5.41) is 11.3. The number of nitrogens with one attached hydrogen (secondary N) is 1. The van der Waals surface area contributed by atoms with Crippen molar-refractivity contribution in [3.8, 4) is 0 Å². The number of carbonyl (C=O) groups excluding carboxylic acids is 1. The molecule has 2 N–H and O–H groups in total. The van der Waals surface area contributed by atoms with Crippen LogP contribution in [0.15, 0.2) is 29.1 Å². The number of carbonyl (C=O) groups is 2. The molecular formula is C17H23N3O4. The van der Waals surface area contributed by atoms with E-state index in [-0.39, 0.29) is 24.6 Å². The number of imidazole rings is 1. The van der Waals surface area contributed by atoms with Crippen molar-refractivity contribution in [1.29, 1.82) is 0 Å². The zero-order chi connectivity index (χ0) is 17.5. The molecule has 1 heterocycles. The van der Waals surface area contributed by atoms with Gasteiger partial charge in [-0.1, -0.05) is 18.6 Å². The van der Waals surface area contributed by atoms with Gasteiger partial charge in [0, 0.05) is 19.5 Å². The average Bonchev–Trinajstić information content (AvgIpc) is 2.82. The summed E-state index contributed by atoms with van der Waals surface area (Å²) in [5.41, 5.74) is 1.39. The molecule has 130 valence electrons. The third kappa shape index (κ3) is 4.24. The molecule has 24 heavy (non-hydrogen) atoms. The molecule has 0 saturated carbocycles. The van der Waals surface area contributed by atoms with E-state index in [1.54, 1.807) is 4.57 Å². The highest BCUT2D eigenvalue weighted by molar-refractivity contribution is 5.80. The molecule has 1 amide bonds. The average molecular weight is 333 g/mol. The van der Waals surface area contributed by atoms with Gasteiger partial charge in [-0.25, -0.2) is 4.79 Å². The molecule has 0 fully saturated rings. The maximum absolute atomic E-state index is 12.4. The molecule has 2 rings (SSSR count). The van der Waals surface area contributed by atoms with Gasteiger partial charge >= 0.3 is 11.7 Å². The lowest BCUT2D eigenvalue weighted by Crippen LogP contribution is -2.33. The highest BCUT2D eigenvalue weighted by atomic mass is 16.4. The molecule has 1 aromatic carbocycles. The van der Waals surface area contributed by atoms with Gasteiger partial charge < -0.3 is 10.4 Å². The van der Waals surface area contributed by atoms with Gasteiger partial charge in [-0.15, -0.1) is 0 Å². The van der Waals surface area contributed by atoms with Gasteiger partial charge in [-0.3, -0.25) is 18.7 Å². The van der Waals surface area contributed by atoms with Crippen molar-refractivity contribution in [2.45, 2.75) is 45.7 Å². The second kappa shape index (κ2) is 8.33. The van der Waals surface area contributed by atoms with E-state index in [1.807, 2.05) is 31.2 Å². The Morgan fingerprint density at radius 2 is 1.75 bits per heavy atom. The van der Waals surface area contributed by atoms with Crippen LogP contribution in [0.4, 0.5) is 0 Å². The summed E-state index contributed by atoms with van der Waals surface area (Å²) in [5.74, 6) is -1.01. The summed E-state index contributed by atoms with van der Waals surface area (Å²) >= 11 is 0. The minimum Gasteiger partial charge on any atom is -0.481 e.